The molecule has 1 aromatic rings. The Morgan fingerprint density at radius 2 is 2.14 bits per heavy atom. The average Bonchev–Trinajstić information content (AvgIpc) is 2.75. The van der Waals surface area contributed by atoms with Gasteiger partial charge in [0.25, 0.3) is 0 Å². The Hall–Kier alpha value is -1.74. The number of amides is 3. The highest BCUT2D eigenvalue weighted by Gasteiger charge is 2.22. The molecule has 0 saturated heterocycles. The average molecular weight is 331 g/mol. The van der Waals surface area contributed by atoms with Crippen LogP contribution in [0.4, 0.5) is 9.80 Å². The van der Waals surface area contributed by atoms with Gasteiger partial charge in [-0.3, -0.25) is 4.79 Å². The first kappa shape index (κ1) is 17.3. The number of primary amides is 1. The molecule has 1 heterocycles. The first-order valence-electron chi connectivity index (χ1n) is 6.04. The second-order valence-electron chi connectivity index (χ2n) is 4.24. The fourth-order valence-corrected chi connectivity index (χ4v) is 3.02. The minimum Gasteiger partial charge on any atom is -0.478 e. The molecule has 7 nitrogen and oxygen atoms in total. The minimum absolute atomic E-state index is 0.0357. The lowest BCUT2D eigenvalue weighted by atomic mass is 10.2. The van der Waals surface area contributed by atoms with Crippen LogP contribution in [0.15, 0.2) is 6.07 Å². The van der Waals surface area contributed by atoms with Gasteiger partial charge in [-0.25, -0.2) is 9.59 Å². The number of urea groups is 1. The second-order valence-corrected chi connectivity index (χ2v) is 6.48. The van der Waals surface area contributed by atoms with E-state index in [4.69, 9.17) is 10.8 Å². The van der Waals surface area contributed by atoms with E-state index in [0.29, 0.717) is 12.2 Å². The first-order chi connectivity index (χ1) is 9.85. The van der Waals surface area contributed by atoms with Crippen LogP contribution in [-0.4, -0.2) is 41.1 Å². The topological polar surface area (TPSA) is 122 Å². The lowest BCUT2D eigenvalue weighted by Crippen LogP contribution is -2.46. The van der Waals surface area contributed by atoms with E-state index in [1.165, 1.54) is 29.2 Å². The molecule has 0 aliphatic rings. The summed E-state index contributed by atoms with van der Waals surface area (Å²) in [7, 11) is 0. The zero-order valence-electron chi connectivity index (χ0n) is 11.6. The third kappa shape index (κ3) is 5.27. The first-order valence-corrected chi connectivity index (χ1v) is 8.25. The van der Waals surface area contributed by atoms with Crippen molar-refractivity contribution in [2.75, 3.05) is 17.3 Å². The molecule has 21 heavy (non-hydrogen) atoms. The number of carboxylic acid groups (broad SMARTS) is 1. The molecule has 116 valence electrons. The molecule has 1 aromatic heterocycles. The zero-order valence-corrected chi connectivity index (χ0v) is 13.3. The van der Waals surface area contributed by atoms with Crippen LogP contribution in [0.5, 0.6) is 0 Å². The number of thiophene rings is 1. The highest BCUT2D eigenvalue weighted by Crippen LogP contribution is 2.27. The lowest BCUT2D eigenvalue weighted by Gasteiger charge is -2.16. The van der Waals surface area contributed by atoms with E-state index in [9.17, 15) is 14.4 Å². The van der Waals surface area contributed by atoms with Gasteiger partial charge in [0.15, 0.2) is 0 Å². The van der Waals surface area contributed by atoms with Crippen molar-refractivity contribution in [2.45, 2.75) is 19.4 Å². The number of nitrogens with two attached hydrogens (primary N) is 1. The third-order valence-electron chi connectivity index (χ3n) is 2.57. The number of carbonyl (C=O) groups excluding carboxylic acids is 2. The van der Waals surface area contributed by atoms with Gasteiger partial charge in [-0.2, -0.15) is 11.8 Å². The van der Waals surface area contributed by atoms with Crippen LogP contribution in [0.25, 0.3) is 0 Å². The number of aromatic carboxylic acids is 1. The Balaban J connectivity index is 2.85. The van der Waals surface area contributed by atoms with Crippen LogP contribution in [0.3, 0.4) is 0 Å². The third-order valence-corrected chi connectivity index (χ3v) is 4.18. The lowest BCUT2D eigenvalue weighted by molar-refractivity contribution is -0.117. The smallest absolute Gasteiger partial charge is 0.338 e. The van der Waals surface area contributed by atoms with Gasteiger partial charge in [0.1, 0.15) is 11.0 Å². The number of nitrogens with one attached hydrogen (secondary N) is 2. The van der Waals surface area contributed by atoms with Crippen LogP contribution >= 0.6 is 23.1 Å². The van der Waals surface area contributed by atoms with Crippen LogP contribution in [0.2, 0.25) is 0 Å². The van der Waals surface area contributed by atoms with E-state index in [1.807, 2.05) is 6.26 Å². The van der Waals surface area contributed by atoms with Crippen LogP contribution in [-0.2, 0) is 4.79 Å². The van der Waals surface area contributed by atoms with Crippen LogP contribution in [0, 0.1) is 6.92 Å². The number of hydrogen-bond donors (Lipinski definition) is 4. The van der Waals surface area contributed by atoms with Crippen molar-refractivity contribution >= 4 is 46.0 Å². The van der Waals surface area contributed by atoms with Gasteiger partial charge in [-0.1, -0.05) is 0 Å². The predicted octanol–water partition coefficient (Wildman–Crippen LogP) is 1.48. The Morgan fingerprint density at radius 3 is 2.67 bits per heavy atom. The summed E-state index contributed by atoms with van der Waals surface area (Å²) in [5, 5.41) is 14.2. The summed E-state index contributed by atoms with van der Waals surface area (Å²) in [5.74, 6) is -0.932. The van der Waals surface area contributed by atoms with E-state index < -0.39 is 23.9 Å². The van der Waals surface area contributed by atoms with E-state index in [0.717, 1.165) is 4.88 Å². The molecular formula is C12H17N3O4S2. The van der Waals surface area contributed by atoms with Crippen molar-refractivity contribution < 1.29 is 19.5 Å². The van der Waals surface area contributed by atoms with Crippen LogP contribution < -0.4 is 16.4 Å². The number of hydrogen-bond acceptors (Lipinski definition) is 5. The van der Waals surface area contributed by atoms with Gasteiger partial charge < -0.3 is 21.5 Å². The molecule has 1 unspecified atom stereocenters. The number of carboxylic acids is 1. The molecule has 0 aromatic carbocycles. The maximum Gasteiger partial charge on any atom is 0.338 e. The molecule has 0 fully saturated rings. The van der Waals surface area contributed by atoms with Gasteiger partial charge in [0.2, 0.25) is 5.91 Å². The molecule has 0 aliphatic heterocycles. The van der Waals surface area contributed by atoms with Crippen molar-refractivity contribution in [1.29, 1.82) is 0 Å². The fourth-order valence-electron chi connectivity index (χ4n) is 1.64. The molecule has 1 rings (SSSR count). The molecule has 0 radical (unpaired) electrons. The van der Waals surface area contributed by atoms with E-state index in [1.54, 1.807) is 6.92 Å². The number of carbonyl (C=O) groups is 3. The molecule has 9 heteroatoms. The summed E-state index contributed by atoms with van der Waals surface area (Å²) in [6, 6.07) is -0.0998. The molecule has 1 atom stereocenters. The van der Waals surface area contributed by atoms with E-state index >= 15 is 0 Å². The van der Waals surface area contributed by atoms with E-state index in [2.05, 4.69) is 10.6 Å². The monoisotopic (exact) mass is 331 g/mol. The minimum atomic E-state index is -1.11. The summed E-state index contributed by atoms with van der Waals surface area (Å²) in [6.07, 6.45) is 2.28. The number of thioether (sulfide) groups is 1. The van der Waals surface area contributed by atoms with Crippen molar-refractivity contribution in [1.82, 2.24) is 5.32 Å². The van der Waals surface area contributed by atoms with Gasteiger partial charge >= 0.3 is 12.0 Å². The standard InChI is InChI=1S/C12H17N3O4S2/c1-6-5-7(11(17)18)10(21-6)15-9(16)8(3-4-20-2)14-12(13)19/h5,8H,3-4H2,1-2H3,(H,15,16)(H,17,18)(H3,13,14,19). The van der Waals surface area contributed by atoms with Gasteiger partial charge in [-0.05, 0) is 31.4 Å². The van der Waals surface area contributed by atoms with Gasteiger partial charge in [0.05, 0.1) is 5.56 Å². The Kier molecular flexibility index (Phi) is 6.50. The highest BCUT2D eigenvalue weighted by molar-refractivity contribution is 7.98. The van der Waals surface area contributed by atoms with E-state index in [-0.39, 0.29) is 10.6 Å². The summed E-state index contributed by atoms with van der Waals surface area (Å²) < 4.78 is 0. The summed E-state index contributed by atoms with van der Waals surface area (Å²) in [4.78, 5) is 35.0. The molecule has 0 saturated carbocycles. The molecule has 0 spiro atoms. The molecule has 3 amide bonds. The normalized spacial score (nSPS) is 11.7. The molecular weight excluding hydrogens is 314 g/mol. The van der Waals surface area contributed by atoms with Crippen molar-refractivity contribution in [3.8, 4) is 0 Å². The SMILES string of the molecule is CSCCC(NC(N)=O)C(=O)Nc1sc(C)cc1C(=O)O. The Labute approximate surface area is 130 Å². The zero-order chi connectivity index (χ0) is 16.0. The van der Waals surface area contributed by atoms with Gasteiger partial charge in [-0.15, -0.1) is 11.3 Å². The summed E-state index contributed by atoms with van der Waals surface area (Å²) in [6.45, 7) is 1.75. The van der Waals surface area contributed by atoms with Crippen LogP contribution in [0.1, 0.15) is 21.7 Å². The number of aryl methyl sites for hydroxylation is 1. The number of anilines is 1. The fraction of sp³-hybridized carbons (Fsp3) is 0.417. The summed E-state index contributed by atoms with van der Waals surface area (Å²) in [5.41, 5.74) is 5.09. The van der Waals surface area contributed by atoms with Crippen molar-refractivity contribution in [3.63, 3.8) is 0 Å². The molecule has 0 aliphatic carbocycles. The summed E-state index contributed by atoms with van der Waals surface area (Å²) >= 11 is 2.70. The van der Waals surface area contributed by atoms with Crippen molar-refractivity contribution in [3.05, 3.63) is 16.5 Å². The van der Waals surface area contributed by atoms with Crippen molar-refractivity contribution in [2.24, 2.45) is 5.73 Å². The largest absolute Gasteiger partial charge is 0.478 e. The maximum absolute atomic E-state index is 12.2. The maximum atomic E-state index is 12.2. The highest BCUT2D eigenvalue weighted by atomic mass is 32.2. The molecule has 0 bridgehead atoms. The Bertz CT molecular complexity index is 545. The second kappa shape index (κ2) is 7.89. The predicted molar refractivity (Wildman–Crippen MR) is 84.2 cm³/mol. The molecule has 5 N–H and O–H groups in total. The Morgan fingerprint density at radius 1 is 1.48 bits per heavy atom. The number of rotatable bonds is 7. The quantitative estimate of drug-likeness (QED) is 0.603. The van der Waals surface area contributed by atoms with Gasteiger partial charge in [0, 0.05) is 4.88 Å².